The molecule has 3 aliphatic carbocycles. The lowest BCUT2D eigenvalue weighted by Crippen LogP contribution is -2.45. The molecule has 0 bridgehead atoms. The van der Waals surface area contributed by atoms with Gasteiger partial charge in [0, 0.05) is 0 Å². The summed E-state index contributed by atoms with van der Waals surface area (Å²) in [6, 6.07) is 58.1. The summed E-state index contributed by atoms with van der Waals surface area (Å²) in [5.74, 6) is 0. The van der Waals surface area contributed by atoms with Gasteiger partial charge in [0.15, 0.2) is 0 Å². The topological polar surface area (TPSA) is 26.0 Å². The summed E-state index contributed by atoms with van der Waals surface area (Å²) in [5, 5.41) is 0. The molecule has 6 aromatic carbocycles. The minimum Gasteiger partial charge on any atom is -0.320 e. The molecule has 1 spiro atoms. The summed E-state index contributed by atoms with van der Waals surface area (Å²) in [6.45, 7) is 0. The fourth-order valence-electron chi connectivity index (χ4n) is 8.97. The maximum absolute atomic E-state index is 6.93. The van der Waals surface area contributed by atoms with E-state index in [2.05, 4.69) is 170 Å². The van der Waals surface area contributed by atoms with Crippen molar-refractivity contribution in [1.82, 2.24) is 0 Å². The highest BCUT2D eigenvalue weighted by atomic mass is 14.6. The van der Waals surface area contributed by atoms with E-state index in [0.717, 1.165) is 24.0 Å². The summed E-state index contributed by atoms with van der Waals surface area (Å²) in [5.41, 5.74) is 21.9. The second-order valence-corrected chi connectivity index (χ2v) is 12.8. The third kappa shape index (κ3) is 3.55. The van der Waals surface area contributed by atoms with Gasteiger partial charge in [-0.15, -0.1) is 0 Å². The van der Waals surface area contributed by atoms with E-state index in [1.165, 1.54) is 55.7 Å². The number of hydrogen-bond donors (Lipinski definition) is 1. The lowest BCUT2D eigenvalue weighted by molar-refractivity contribution is 0.599. The molecule has 0 saturated heterocycles. The summed E-state index contributed by atoms with van der Waals surface area (Å²) < 4.78 is 0. The number of allylic oxidation sites excluding steroid dienone is 4. The Bertz CT molecular complexity index is 2070. The molecule has 220 valence electrons. The van der Waals surface area contributed by atoms with E-state index in [1.807, 2.05) is 0 Å². The summed E-state index contributed by atoms with van der Waals surface area (Å²) >= 11 is 0. The van der Waals surface area contributed by atoms with Crippen molar-refractivity contribution in [3.8, 4) is 0 Å². The van der Waals surface area contributed by atoms with Gasteiger partial charge in [-0.1, -0.05) is 164 Å². The molecule has 1 unspecified atom stereocenters. The lowest BCUT2D eigenvalue weighted by atomic mass is 9.51. The first-order chi connectivity index (χ1) is 22.8. The van der Waals surface area contributed by atoms with Crippen molar-refractivity contribution in [3.63, 3.8) is 0 Å². The molecular formula is C45H35N. The average molecular weight is 590 g/mol. The monoisotopic (exact) mass is 589 g/mol. The van der Waals surface area contributed by atoms with Crippen LogP contribution in [0.3, 0.4) is 0 Å². The van der Waals surface area contributed by atoms with E-state index in [9.17, 15) is 0 Å². The molecule has 0 saturated carbocycles. The van der Waals surface area contributed by atoms with Crippen molar-refractivity contribution in [1.29, 1.82) is 0 Å². The van der Waals surface area contributed by atoms with Gasteiger partial charge in [0.05, 0.1) is 16.9 Å². The van der Waals surface area contributed by atoms with Crippen LogP contribution in [0.4, 0.5) is 0 Å². The van der Waals surface area contributed by atoms with E-state index in [-0.39, 0.29) is 6.04 Å². The van der Waals surface area contributed by atoms with Crippen LogP contribution in [0, 0.1) is 0 Å². The van der Waals surface area contributed by atoms with Gasteiger partial charge in [-0.25, -0.2) is 0 Å². The molecule has 0 aliphatic heterocycles. The molecule has 1 heteroatoms. The molecule has 6 aromatic rings. The Morgan fingerprint density at radius 1 is 0.478 bits per heavy atom. The Hall–Kier alpha value is -5.24. The highest BCUT2D eigenvalue weighted by Crippen LogP contribution is 2.65. The standard InChI is InChI=1S/C45H35N/c46-43(31-16-4-1-5-17-31)32-28-29-38-36(30-32)35-22-10-11-23-37(35)45(38)41-26-14-12-24-39(41)44(33-18-6-2-7-19-33,34-20-8-3-9-21-34)40-25-13-15-27-42(40)45/h1-10,12-22,24-30,43H,11,23,46H2. The zero-order valence-corrected chi connectivity index (χ0v) is 25.7. The Morgan fingerprint density at radius 2 is 0.978 bits per heavy atom. The predicted molar refractivity (Wildman–Crippen MR) is 189 cm³/mol. The Morgan fingerprint density at radius 3 is 1.54 bits per heavy atom. The van der Waals surface area contributed by atoms with Gasteiger partial charge >= 0.3 is 0 Å². The largest absolute Gasteiger partial charge is 0.320 e. The molecule has 0 radical (unpaired) electrons. The Labute approximate surface area is 271 Å². The second-order valence-electron chi connectivity index (χ2n) is 12.8. The van der Waals surface area contributed by atoms with E-state index in [0.29, 0.717) is 0 Å². The van der Waals surface area contributed by atoms with Gasteiger partial charge in [-0.2, -0.15) is 0 Å². The molecule has 0 fully saturated rings. The van der Waals surface area contributed by atoms with E-state index in [1.54, 1.807) is 0 Å². The number of nitrogens with two attached hydrogens (primary N) is 1. The highest BCUT2D eigenvalue weighted by Gasteiger charge is 2.57. The molecule has 0 heterocycles. The maximum Gasteiger partial charge on any atom is 0.0708 e. The number of hydrogen-bond acceptors (Lipinski definition) is 1. The van der Waals surface area contributed by atoms with Crippen molar-refractivity contribution in [2.24, 2.45) is 5.73 Å². The normalized spacial score (nSPS) is 17.2. The molecule has 9 rings (SSSR count). The van der Waals surface area contributed by atoms with Gasteiger partial charge in [-0.05, 0) is 85.7 Å². The van der Waals surface area contributed by atoms with Crippen LogP contribution in [0.2, 0.25) is 0 Å². The first-order valence-electron chi connectivity index (χ1n) is 16.4. The Balaban J connectivity index is 1.39. The molecule has 3 aliphatic rings. The van der Waals surface area contributed by atoms with Crippen LogP contribution in [-0.2, 0) is 10.8 Å². The van der Waals surface area contributed by atoms with Crippen LogP contribution < -0.4 is 5.73 Å². The van der Waals surface area contributed by atoms with E-state index in [4.69, 9.17) is 5.73 Å². The lowest BCUT2D eigenvalue weighted by Gasteiger charge is -2.50. The van der Waals surface area contributed by atoms with Crippen molar-refractivity contribution in [2.45, 2.75) is 29.7 Å². The number of benzene rings is 6. The molecule has 0 amide bonds. The van der Waals surface area contributed by atoms with Crippen molar-refractivity contribution in [2.75, 3.05) is 0 Å². The molecule has 0 aromatic heterocycles. The SMILES string of the molecule is NC(c1ccccc1)c1ccc2c(c1)C1=C(CCC=C1)C21c2ccccc2C(c2ccccc2)(c2ccccc2)c2ccccc21. The smallest absolute Gasteiger partial charge is 0.0708 e. The minimum absolute atomic E-state index is 0.186. The molecular weight excluding hydrogens is 555 g/mol. The van der Waals surface area contributed by atoms with Gasteiger partial charge in [0.2, 0.25) is 0 Å². The average Bonchev–Trinajstić information content (AvgIpc) is 3.43. The zero-order valence-electron chi connectivity index (χ0n) is 25.7. The summed E-state index contributed by atoms with van der Waals surface area (Å²) in [6.07, 6.45) is 6.79. The number of fused-ring (bicyclic) bond motifs is 8. The second kappa shape index (κ2) is 10.4. The van der Waals surface area contributed by atoms with Crippen LogP contribution in [0.5, 0.6) is 0 Å². The fraction of sp³-hybridized carbons (Fsp3) is 0.111. The third-order valence-corrected chi connectivity index (χ3v) is 10.8. The first-order valence-corrected chi connectivity index (χ1v) is 16.4. The first kappa shape index (κ1) is 27.1. The third-order valence-electron chi connectivity index (χ3n) is 10.8. The molecule has 1 nitrogen and oxygen atoms in total. The highest BCUT2D eigenvalue weighted by molar-refractivity contribution is 5.93. The van der Waals surface area contributed by atoms with Crippen LogP contribution in [0.15, 0.2) is 175 Å². The van der Waals surface area contributed by atoms with Crippen LogP contribution in [0.25, 0.3) is 5.57 Å². The Kier molecular flexibility index (Phi) is 6.13. The van der Waals surface area contributed by atoms with Crippen LogP contribution >= 0.6 is 0 Å². The predicted octanol–water partition coefficient (Wildman–Crippen LogP) is 9.88. The fourth-order valence-corrected chi connectivity index (χ4v) is 8.97. The quantitative estimate of drug-likeness (QED) is 0.218. The van der Waals surface area contributed by atoms with E-state index >= 15 is 0 Å². The molecule has 2 N–H and O–H groups in total. The van der Waals surface area contributed by atoms with E-state index < -0.39 is 10.8 Å². The number of rotatable bonds is 4. The van der Waals surface area contributed by atoms with Gasteiger partial charge in [-0.3, -0.25) is 0 Å². The maximum atomic E-state index is 6.93. The summed E-state index contributed by atoms with van der Waals surface area (Å²) in [4.78, 5) is 0. The van der Waals surface area contributed by atoms with Crippen LogP contribution in [-0.4, -0.2) is 0 Å². The van der Waals surface area contributed by atoms with Crippen LogP contribution in [0.1, 0.15) is 74.5 Å². The van der Waals surface area contributed by atoms with Crippen molar-refractivity contribution in [3.05, 3.63) is 231 Å². The molecule has 46 heavy (non-hydrogen) atoms. The van der Waals surface area contributed by atoms with Gasteiger partial charge < -0.3 is 5.73 Å². The summed E-state index contributed by atoms with van der Waals surface area (Å²) in [7, 11) is 0. The molecule has 1 atom stereocenters. The zero-order chi connectivity index (χ0) is 30.7. The van der Waals surface area contributed by atoms with Gasteiger partial charge in [0.1, 0.15) is 0 Å². The van der Waals surface area contributed by atoms with Crippen molar-refractivity contribution >= 4 is 5.57 Å². The van der Waals surface area contributed by atoms with Crippen molar-refractivity contribution < 1.29 is 0 Å². The van der Waals surface area contributed by atoms with Gasteiger partial charge in [0.25, 0.3) is 0 Å². The minimum atomic E-state index is -0.468.